The lowest BCUT2D eigenvalue weighted by molar-refractivity contribution is 0.0525. The largest absolute Gasteiger partial charge is 0.462 e. The van der Waals surface area contributed by atoms with E-state index in [0.29, 0.717) is 18.1 Å². The van der Waals surface area contributed by atoms with Crippen molar-refractivity contribution in [2.75, 3.05) is 6.61 Å². The van der Waals surface area contributed by atoms with Gasteiger partial charge in [-0.25, -0.2) is 4.79 Å². The zero-order valence-corrected chi connectivity index (χ0v) is 10.0. The molecule has 0 fully saturated rings. The molecule has 0 aliphatic rings. The molecule has 0 saturated heterocycles. The van der Waals surface area contributed by atoms with Crippen molar-refractivity contribution in [1.29, 1.82) is 0 Å². The third-order valence-corrected chi connectivity index (χ3v) is 2.61. The molecule has 3 heteroatoms. The number of halogens is 1. The lowest BCUT2D eigenvalue weighted by Crippen LogP contribution is -2.08. The van der Waals surface area contributed by atoms with Gasteiger partial charge in [0.15, 0.2) is 0 Å². The van der Waals surface area contributed by atoms with Gasteiger partial charge < -0.3 is 4.74 Å². The Kier molecular flexibility index (Phi) is 4.15. The highest BCUT2D eigenvalue weighted by molar-refractivity contribution is 6.17. The molecule has 1 aromatic carbocycles. The maximum atomic E-state index is 11.6. The number of carbonyl (C=O) groups excluding carboxylic acids is 1. The highest BCUT2D eigenvalue weighted by Crippen LogP contribution is 2.18. The van der Waals surface area contributed by atoms with Crippen molar-refractivity contribution in [3.63, 3.8) is 0 Å². The molecular weight excluding hydrogens is 212 g/mol. The van der Waals surface area contributed by atoms with Gasteiger partial charge >= 0.3 is 5.97 Å². The summed E-state index contributed by atoms with van der Waals surface area (Å²) in [6.45, 7) is 6.07. The molecule has 0 amide bonds. The lowest BCUT2D eigenvalue weighted by atomic mass is 10.0. The average Bonchev–Trinajstić information content (AvgIpc) is 2.18. The van der Waals surface area contributed by atoms with Gasteiger partial charge in [0, 0.05) is 5.88 Å². The molecule has 0 atom stereocenters. The van der Waals surface area contributed by atoms with Gasteiger partial charge in [-0.05, 0) is 43.5 Å². The van der Waals surface area contributed by atoms with Gasteiger partial charge in [0.25, 0.3) is 0 Å². The Bertz CT molecular complexity index is 372. The zero-order valence-electron chi connectivity index (χ0n) is 9.26. The molecule has 82 valence electrons. The molecule has 0 aliphatic carbocycles. The van der Waals surface area contributed by atoms with Crippen molar-refractivity contribution in [3.05, 3.63) is 34.4 Å². The van der Waals surface area contributed by atoms with E-state index in [4.69, 9.17) is 16.3 Å². The summed E-state index contributed by atoms with van der Waals surface area (Å²) in [7, 11) is 0. The van der Waals surface area contributed by atoms with Crippen LogP contribution in [0.3, 0.4) is 0 Å². The first kappa shape index (κ1) is 12.1. The molecule has 0 spiro atoms. The molecule has 15 heavy (non-hydrogen) atoms. The molecule has 0 N–H and O–H groups in total. The zero-order chi connectivity index (χ0) is 11.4. The fourth-order valence-corrected chi connectivity index (χ4v) is 1.76. The molecule has 0 heterocycles. The molecule has 1 rings (SSSR count). The minimum atomic E-state index is -0.277. The minimum absolute atomic E-state index is 0.277. The van der Waals surface area contributed by atoms with Crippen LogP contribution < -0.4 is 0 Å². The second-order valence-corrected chi connectivity index (χ2v) is 3.71. The first-order valence-corrected chi connectivity index (χ1v) is 5.46. The number of carbonyl (C=O) groups is 1. The maximum Gasteiger partial charge on any atom is 0.338 e. The van der Waals surface area contributed by atoms with E-state index < -0.39 is 0 Å². The Balaban J connectivity index is 3.12. The molecule has 1 aromatic rings. The van der Waals surface area contributed by atoms with Crippen LogP contribution in [-0.4, -0.2) is 12.6 Å². The van der Waals surface area contributed by atoms with E-state index in [1.165, 1.54) is 0 Å². The van der Waals surface area contributed by atoms with Gasteiger partial charge in [-0.3, -0.25) is 0 Å². The molecule has 0 aliphatic heterocycles. The fourth-order valence-electron chi connectivity index (χ4n) is 1.47. The van der Waals surface area contributed by atoms with Crippen LogP contribution in [0.2, 0.25) is 0 Å². The van der Waals surface area contributed by atoms with Gasteiger partial charge in [-0.2, -0.15) is 0 Å². The number of alkyl halides is 1. The van der Waals surface area contributed by atoms with Crippen LogP contribution in [0.5, 0.6) is 0 Å². The summed E-state index contributed by atoms with van der Waals surface area (Å²) >= 11 is 5.79. The summed E-state index contributed by atoms with van der Waals surface area (Å²) in [5.41, 5.74) is 3.62. The number of aryl methyl sites for hydroxylation is 2. The van der Waals surface area contributed by atoms with E-state index in [1.807, 2.05) is 26.0 Å². The maximum absolute atomic E-state index is 11.6. The van der Waals surface area contributed by atoms with Crippen molar-refractivity contribution in [3.8, 4) is 0 Å². The standard InChI is InChI=1S/C12H15ClO2/c1-4-15-12(14)11-6-10(7-13)8(2)5-9(11)3/h5-6H,4,7H2,1-3H3. The van der Waals surface area contributed by atoms with Crippen LogP contribution in [-0.2, 0) is 10.6 Å². The van der Waals surface area contributed by atoms with E-state index in [1.54, 1.807) is 6.92 Å². The van der Waals surface area contributed by atoms with Gasteiger partial charge in [-0.15, -0.1) is 11.6 Å². The van der Waals surface area contributed by atoms with Gasteiger partial charge in [0.2, 0.25) is 0 Å². The van der Waals surface area contributed by atoms with Gasteiger partial charge in [-0.1, -0.05) is 6.07 Å². The number of rotatable bonds is 3. The highest BCUT2D eigenvalue weighted by atomic mass is 35.5. The third kappa shape index (κ3) is 2.72. The van der Waals surface area contributed by atoms with Crippen LogP contribution in [0.1, 0.15) is 34.0 Å². The van der Waals surface area contributed by atoms with Crippen LogP contribution in [0.15, 0.2) is 12.1 Å². The molecule has 0 aromatic heterocycles. The van der Waals surface area contributed by atoms with Crippen molar-refractivity contribution < 1.29 is 9.53 Å². The second-order valence-electron chi connectivity index (χ2n) is 3.45. The van der Waals surface area contributed by atoms with Crippen molar-refractivity contribution >= 4 is 17.6 Å². The van der Waals surface area contributed by atoms with E-state index >= 15 is 0 Å². The molecule has 0 radical (unpaired) electrons. The molecule has 0 bridgehead atoms. The normalized spacial score (nSPS) is 10.1. The number of esters is 1. The Hall–Kier alpha value is -1.02. The van der Waals surface area contributed by atoms with E-state index in [2.05, 4.69) is 0 Å². The number of hydrogen-bond donors (Lipinski definition) is 0. The molecule has 0 unspecified atom stereocenters. The summed E-state index contributed by atoms with van der Waals surface area (Å²) in [4.78, 5) is 11.6. The average molecular weight is 227 g/mol. The summed E-state index contributed by atoms with van der Waals surface area (Å²) in [6.07, 6.45) is 0. The predicted molar refractivity (Wildman–Crippen MR) is 61.4 cm³/mol. The first-order valence-electron chi connectivity index (χ1n) is 4.93. The molecule has 0 saturated carbocycles. The summed E-state index contributed by atoms with van der Waals surface area (Å²) in [5, 5.41) is 0. The Morgan fingerprint density at radius 2 is 2.00 bits per heavy atom. The van der Waals surface area contributed by atoms with Crippen molar-refractivity contribution in [2.45, 2.75) is 26.7 Å². The van der Waals surface area contributed by atoms with E-state index in [0.717, 1.165) is 16.7 Å². The highest BCUT2D eigenvalue weighted by Gasteiger charge is 2.12. The van der Waals surface area contributed by atoms with Crippen molar-refractivity contribution in [1.82, 2.24) is 0 Å². The Morgan fingerprint density at radius 3 is 2.53 bits per heavy atom. The van der Waals surface area contributed by atoms with Crippen molar-refractivity contribution in [2.24, 2.45) is 0 Å². The Morgan fingerprint density at radius 1 is 1.33 bits per heavy atom. The summed E-state index contributed by atoms with van der Waals surface area (Å²) in [5.74, 6) is 0.139. The SMILES string of the molecule is CCOC(=O)c1cc(CCl)c(C)cc1C. The van der Waals surface area contributed by atoms with E-state index in [9.17, 15) is 4.79 Å². The summed E-state index contributed by atoms with van der Waals surface area (Å²) in [6, 6.07) is 3.78. The first-order chi connectivity index (χ1) is 7.10. The van der Waals surface area contributed by atoms with Gasteiger partial charge in [0.1, 0.15) is 0 Å². The van der Waals surface area contributed by atoms with Crippen LogP contribution in [0.25, 0.3) is 0 Å². The number of ether oxygens (including phenoxy) is 1. The van der Waals surface area contributed by atoms with Crippen LogP contribution in [0.4, 0.5) is 0 Å². The third-order valence-electron chi connectivity index (χ3n) is 2.32. The predicted octanol–water partition coefficient (Wildman–Crippen LogP) is 3.22. The monoisotopic (exact) mass is 226 g/mol. The van der Waals surface area contributed by atoms with Crippen LogP contribution >= 0.6 is 11.6 Å². The molecule has 2 nitrogen and oxygen atoms in total. The quantitative estimate of drug-likeness (QED) is 0.584. The number of hydrogen-bond acceptors (Lipinski definition) is 2. The molecular formula is C12H15ClO2. The lowest BCUT2D eigenvalue weighted by Gasteiger charge is -2.09. The number of benzene rings is 1. The fraction of sp³-hybridized carbons (Fsp3) is 0.417. The topological polar surface area (TPSA) is 26.3 Å². The van der Waals surface area contributed by atoms with Gasteiger partial charge in [0.05, 0.1) is 12.2 Å². The Labute approximate surface area is 95.2 Å². The summed E-state index contributed by atoms with van der Waals surface area (Å²) < 4.78 is 4.97. The smallest absolute Gasteiger partial charge is 0.338 e. The second kappa shape index (κ2) is 5.17. The van der Waals surface area contributed by atoms with E-state index in [-0.39, 0.29) is 5.97 Å². The minimum Gasteiger partial charge on any atom is -0.462 e. The van der Waals surface area contributed by atoms with Crippen LogP contribution in [0, 0.1) is 13.8 Å².